The van der Waals surface area contributed by atoms with Crippen molar-refractivity contribution in [1.82, 2.24) is 0 Å². The van der Waals surface area contributed by atoms with Gasteiger partial charge < -0.3 is 15.4 Å². The Balaban J connectivity index is 1.90. The van der Waals surface area contributed by atoms with Crippen molar-refractivity contribution in [2.24, 2.45) is 11.7 Å². The van der Waals surface area contributed by atoms with Gasteiger partial charge in [0.25, 0.3) is 0 Å². The van der Waals surface area contributed by atoms with E-state index in [4.69, 9.17) is 22.1 Å². The minimum Gasteiger partial charge on any atom is -0.379 e. The Kier molecular flexibility index (Phi) is 5.49. The lowest BCUT2D eigenvalue weighted by atomic mass is 10.1. The van der Waals surface area contributed by atoms with Gasteiger partial charge in [0.05, 0.1) is 17.3 Å². The normalized spacial score (nSPS) is 14.7. The number of likely N-dealkylation sites (N-methyl/N-ethyl adjacent to an activating group) is 1. The van der Waals surface area contributed by atoms with Gasteiger partial charge in [-0.15, -0.1) is 0 Å². The van der Waals surface area contributed by atoms with Gasteiger partial charge in [-0.05, 0) is 43.4 Å². The van der Waals surface area contributed by atoms with Gasteiger partial charge in [-0.2, -0.15) is 0 Å². The fraction of sp³-hybridized carbons (Fsp3) is 0.600. The minimum absolute atomic E-state index is 0.638. The lowest BCUT2D eigenvalue weighted by Gasteiger charge is -2.23. The van der Waals surface area contributed by atoms with Gasteiger partial charge in [0, 0.05) is 20.2 Å². The van der Waals surface area contributed by atoms with Crippen LogP contribution in [0.25, 0.3) is 0 Å². The standard InChI is InChI=1S/C15H23ClN2O/c1-18(9-10-19-11-12-5-6-12)15-13(7-8-17)3-2-4-14(15)16/h2-4,12H,5-11,17H2,1H3. The van der Waals surface area contributed by atoms with Crippen LogP contribution in [0.1, 0.15) is 18.4 Å². The van der Waals surface area contributed by atoms with Crippen LogP contribution in [0.4, 0.5) is 5.69 Å². The average Bonchev–Trinajstić information content (AvgIpc) is 3.19. The van der Waals surface area contributed by atoms with E-state index in [0.29, 0.717) is 6.54 Å². The third kappa shape index (κ3) is 4.37. The number of hydrogen-bond donors (Lipinski definition) is 1. The van der Waals surface area contributed by atoms with Crippen molar-refractivity contribution >= 4 is 17.3 Å². The van der Waals surface area contributed by atoms with Crippen molar-refractivity contribution in [2.45, 2.75) is 19.3 Å². The van der Waals surface area contributed by atoms with Gasteiger partial charge in [0.15, 0.2) is 0 Å². The summed E-state index contributed by atoms with van der Waals surface area (Å²) in [7, 11) is 2.06. The van der Waals surface area contributed by atoms with E-state index in [1.54, 1.807) is 0 Å². The number of hydrogen-bond acceptors (Lipinski definition) is 3. The summed E-state index contributed by atoms with van der Waals surface area (Å²) in [6.45, 7) is 3.15. The lowest BCUT2D eigenvalue weighted by Crippen LogP contribution is -2.25. The minimum atomic E-state index is 0.638. The van der Waals surface area contributed by atoms with E-state index in [1.807, 2.05) is 12.1 Å². The molecule has 1 aromatic rings. The predicted octanol–water partition coefficient (Wildman–Crippen LogP) is 2.70. The molecule has 2 rings (SSSR count). The maximum absolute atomic E-state index is 6.31. The molecule has 0 aliphatic heterocycles. The zero-order valence-electron chi connectivity index (χ0n) is 11.6. The number of halogens is 1. The van der Waals surface area contributed by atoms with E-state index >= 15 is 0 Å². The highest BCUT2D eigenvalue weighted by atomic mass is 35.5. The zero-order valence-corrected chi connectivity index (χ0v) is 12.3. The molecule has 1 saturated carbocycles. The van der Waals surface area contributed by atoms with Gasteiger partial charge in [0.2, 0.25) is 0 Å². The number of ether oxygens (including phenoxy) is 1. The van der Waals surface area contributed by atoms with Crippen molar-refractivity contribution in [3.8, 4) is 0 Å². The predicted molar refractivity (Wildman–Crippen MR) is 81.0 cm³/mol. The van der Waals surface area contributed by atoms with Crippen molar-refractivity contribution in [2.75, 3.05) is 38.3 Å². The Bertz CT molecular complexity index is 407. The number of rotatable bonds is 8. The molecule has 0 atom stereocenters. The van der Waals surface area contributed by atoms with E-state index in [-0.39, 0.29) is 0 Å². The fourth-order valence-electron chi connectivity index (χ4n) is 2.19. The smallest absolute Gasteiger partial charge is 0.0642 e. The first kappa shape index (κ1) is 14.6. The maximum atomic E-state index is 6.31. The third-order valence-corrected chi connectivity index (χ3v) is 3.79. The molecule has 0 aromatic heterocycles. The molecular weight excluding hydrogens is 260 g/mol. The van der Waals surface area contributed by atoms with Crippen LogP contribution in [0.2, 0.25) is 5.02 Å². The zero-order chi connectivity index (χ0) is 13.7. The molecule has 1 fully saturated rings. The van der Waals surface area contributed by atoms with Crippen LogP contribution >= 0.6 is 11.6 Å². The van der Waals surface area contributed by atoms with Crippen LogP contribution in [0.3, 0.4) is 0 Å². The highest BCUT2D eigenvalue weighted by molar-refractivity contribution is 6.33. The number of para-hydroxylation sites is 1. The number of nitrogens with two attached hydrogens (primary N) is 1. The van der Waals surface area contributed by atoms with Crippen LogP contribution in [-0.2, 0) is 11.2 Å². The van der Waals surface area contributed by atoms with Crippen LogP contribution in [0.15, 0.2) is 18.2 Å². The summed E-state index contributed by atoms with van der Waals surface area (Å²) in [5, 5.41) is 0.788. The topological polar surface area (TPSA) is 38.5 Å². The highest BCUT2D eigenvalue weighted by Crippen LogP contribution is 2.30. The van der Waals surface area contributed by atoms with Gasteiger partial charge in [0.1, 0.15) is 0 Å². The molecule has 106 valence electrons. The van der Waals surface area contributed by atoms with E-state index < -0.39 is 0 Å². The third-order valence-electron chi connectivity index (χ3n) is 3.49. The molecule has 1 aliphatic rings. The summed E-state index contributed by atoms with van der Waals surface area (Å²) in [5.74, 6) is 0.818. The molecule has 0 radical (unpaired) electrons. The molecule has 19 heavy (non-hydrogen) atoms. The molecule has 1 aliphatic carbocycles. The molecule has 0 saturated heterocycles. The Morgan fingerprint density at radius 1 is 1.42 bits per heavy atom. The maximum Gasteiger partial charge on any atom is 0.0642 e. The Morgan fingerprint density at radius 2 is 2.21 bits per heavy atom. The SMILES string of the molecule is CN(CCOCC1CC1)c1c(Cl)cccc1CCN. The fourth-order valence-corrected chi connectivity index (χ4v) is 2.53. The average molecular weight is 283 g/mol. The molecule has 0 heterocycles. The van der Waals surface area contributed by atoms with Gasteiger partial charge in [-0.25, -0.2) is 0 Å². The summed E-state index contributed by atoms with van der Waals surface area (Å²) < 4.78 is 5.68. The van der Waals surface area contributed by atoms with Gasteiger partial charge in [-0.3, -0.25) is 0 Å². The van der Waals surface area contributed by atoms with Gasteiger partial charge in [-0.1, -0.05) is 23.7 Å². The van der Waals surface area contributed by atoms with E-state index in [2.05, 4.69) is 18.0 Å². The molecule has 0 unspecified atom stereocenters. The molecule has 0 bridgehead atoms. The Hall–Kier alpha value is -0.770. The first-order valence-electron chi connectivity index (χ1n) is 6.98. The number of benzene rings is 1. The highest BCUT2D eigenvalue weighted by Gasteiger charge is 2.21. The van der Waals surface area contributed by atoms with Crippen molar-refractivity contribution in [3.05, 3.63) is 28.8 Å². The Morgan fingerprint density at radius 3 is 2.89 bits per heavy atom. The monoisotopic (exact) mass is 282 g/mol. The molecular formula is C15H23ClN2O. The molecule has 2 N–H and O–H groups in total. The molecule has 4 heteroatoms. The van der Waals surface area contributed by atoms with Crippen LogP contribution < -0.4 is 10.6 Å². The van der Waals surface area contributed by atoms with E-state index in [0.717, 1.165) is 42.8 Å². The molecule has 0 amide bonds. The summed E-state index contributed by atoms with van der Waals surface area (Å²) >= 11 is 6.31. The lowest BCUT2D eigenvalue weighted by molar-refractivity contribution is 0.131. The molecule has 3 nitrogen and oxygen atoms in total. The van der Waals surface area contributed by atoms with Crippen molar-refractivity contribution in [1.29, 1.82) is 0 Å². The second kappa shape index (κ2) is 7.13. The first-order chi connectivity index (χ1) is 9.22. The summed E-state index contributed by atoms with van der Waals surface area (Å²) in [4.78, 5) is 2.17. The molecule has 0 spiro atoms. The quantitative estimate of drug-likeness (QED) is 0.745. The van der Waals surface area contributed by atoms with Crippen LogP contribution in [-0.4, -0.2) is 33.4 Å². The second-order valence-electron chi connectivity index (χ2n) is 5.23. The summed E-state index contributed by atoms with van der Waals surface area (Å²) in [5.41, 5.74) is 7.95. The molecule has 1 aromatic carbocycles. The van der Waals surface area contributed by atoms with E-state index in [9.17, 15) is 0 Å². The van der Waals surface area contributed by atoms with Crippen molar-refractivity contribution < 1.29 is 4.74 Å². The van der Waals surface area contributed by atoms with Gasteiger partial charge >= 0.3 is 0 Å². The van der Waals surface area contributed by atoms with Crippen LogP contribution in [0, 0.1) is 5.92 Å². The Labute approximate surface area is 120 Å². The number of anilines is 1. The van der Waals surface area contributed by atoms with Crippen molar-refractivity contribution in [3.63, 3.8) is 0 Å². The first-order valence-corrected chi connectivity index (χ1v) is 7.36. The van der Waals surface area contributed by atoms with Crippen LogP contribution in [0.5, 0.6) is 0 Å². The van der Waals surface area contributed by atoms with E-state index in [1.165, 1.54) is 18.4 Å². The largest absolute Gasteiger partial charge is 0.379 e. The summed E-state index contributed by atoms with van der Waals surface area (Å²) in [6, 6.07) is 6.00. The summed E-state index contributed by atoms with van der Waals surface area (Å²) in [6.07, 6.45) is 3.52. The second-order valence-corrected chi connectivity index (χ2v) is 5.63. The number of nitrogens with zero attached hydrogens (tertiary/aromatic N) is 1.